The normalized spacial score (nSPS) is 11.0. The zero-order valence-corrected chi connectivity index (χ0v) is 9.64. The lowest BCUT2D eigenvalue weighted by Gasteiger charge is -1.97. The molecule has 0 aliphatic carbocycles. The number of nitrogens with zero attached hydrogens (tertiary/aromatic N) is 1. The van der Waals surface area contributed by atoms with Crippen molar-refractivity contribution in [2.24, 2.45) is 0 Å². The Morgan fingerprint density at radius 1 is 1.39 bits per heavy atom. The third-order valence-corrected chi connectivity index (χ3v) is 2.40. The second-order valence-electron chi connectivity index (χ2n) is 3.77. The monoisotopic (exact) mass is 246 g/mol. The molecular weight excluding hydrogens is 235 g/mol. The molecule has 0 aliphatic rings. The van der Waals surface area contributed by atoms with Gasteiger partial charge in [0.25, 0.3) is 0 Å². The number of rotatable bonds is 3. The molecule has 4 nitrogen and oxygen atoms in total. The Labute approximate surface area is 103 Å². The van der Waals surface area contributed by atoms with Crippen LogP contribution in [-0.4, -0.2) is 21.0 Å². The highest BCUT2D eigenvalue weighted by atomic mass is 19.1. The van der Waals surface area contributed by atoms with Crippen molar-refractivity contribution in [2.75, 3.05) is 0 Å². The van der Waals surface area contributed by atoms with E-state index in [2.05, 4.69) is 9.97 Å². The van der Waals surface area contributed by atoms with Gasteiger partial charge in [-0.05, 0) is 37.3 Å². The maximum atomic E-state index is 12.8. The van der Waals surface area contributed by atoms with Crippen LogP contribution in [0, 0.1) is 12.7 Å². The number of aromatic amines is 1. The first-order valence-corrected chi connectivity index (χ1v) is 5.30. The van der Waals surface area contributed by atoms with Gasteiger partial charge in [-0.25, -0.2) is 14.2 Å². The molecule has 18 heavy (non-hydrogen) atoms. The van der Waals surface area contributed by atoms with Crippen molar-refractivity contribution in [3.8, 4) is 11.3 Å². The van der Waals surface area contributed by atoms with Gasteiger partial charge in [0.05, 0.1) is 5.69 Å². The van der Waals surface area contributed by atoms with Gasteiger partial charge in [-0.1, -0.05) is 0 Å². The molecule has 0 radical (unpaired) electrons. The second-order valence-corrected chi connectivity index (χ2v) is 3.77. The Hall–Kier alpha value is -2.43. The molecule has 1 heterocycles. The summed E-state index contributed by atoms with van der Waals surface area (Å²) in [5.74, 6) is -0.889. The number of hydrogen-bond donors (Lipinski definition) is 2. The highest BCUT2D eigenvalue weighted by Gasteiger charge is 2.07. The van der Waals surface area contributed by atoms with Crippen molar-refractivity contribution in [3.63, 3.8) is 0 Å². The lowest BCUT2D eigenvalue weighted by atomic mass is 10.1. The van der Waals surface area contributed by atoms with Crippen LogP contribution < -0.4 is 0 Å². The van der Waals surface area contributed by atoms with Crippen LogP contribution in [0.4, 0.5) is 4.39 Å². The van der Waals surface area contributed by atoms with E-state index in [9.17, 15) is 9.18 Å². The number of aryl methyl sites for hydroxylation is 1. The lowest BCUT2D eigenvalue weighted by Crippen LogP contribution is -1.86. The van der Waals surface area contributed by atoms with Crippen molar-refractivity contribution in [3.05, 3.63) is 47.7 Å². The van der Waals surface area contributed by atoms with E-state index in [-0.39, 0.29) is 5.82 Å². The molecule has 0 saturated heterocycles. The molecule has 2 N–H and O–H groups in total. The predicted molar refractivity (Wildman–Crippen MR) is 65.4 cm³/mol. The molecule has 0 fully saturated rings. The van der Waals surface area contributed by atoms with Crippen LogP contribution >= 0.6 is 0 Å². The Bertz CT molecular complexity index is 600. The molecule has 5 heteroatoms. The summed E-state index contributed by atoms with van der Waals surface area (Å²) in [6.45, 7) is 1.82. The predicted octanol–water partition coefficient (Wildman–Crippen LogP) is 2.62. The van der Waals surface area contributed by atoms with E-state index in [1.165, 1.54) is 18.2 Å². The molecule has 0 amide bonds. The fraction of sp³-hybridized carbons (Fsp3) is 0.0769. The third-order valence-electron chi connectivity index (χ3n) is 2.40. The molecule has 0 unspecified atom stereocenters. The van der Waals surface area contributed by atoms with Crippen LogP contribution in [0.15, 0.2) is 30.3 Å². The van der Waals surface area contributed by atoms with Gasteiger partial charge in [-0.15, -0.1) is 0 Å². The number of imidazole rings is 1. The molecule has 0 aliphatic heterocycles. The Balaban J connectivity index is 2.34. The standard InChI is InChI=1S/C13H11FN2O2/c1-8-13(9-2-4-10(14)5-3-9)16-11(15-8)6-7-12(17)18/h2-7H,1H3,(H,15,16)(H,17,18)/b7-6+. The molecule has 92 valence electrons. The summed E-state index contributed by atoms with van der Waals surface area (Å²) < 4.78 is 12.8. The number of carbonyl (C=O) groups is 1. The van der Waals surface area contributed by atoms with Crippen molar-refractivity contribution < 1.29 is 14.3 Å². The Morgan fingerprint density at radius 3 is 2.67 bits per heavy atom. The molecule has 0 saturated carbocycles. The van der Waals surface area contributed by atoms with E-state index >= 15 is 0 Å². The van der Waals surface area contributed by atoms with Crippen LogP contribution in [0.1, 0.15) is 11.5 Å². The number of aliphatic carboxylic acids is 1. The number of benzene rings is 1. The van der Waals surface area contributed by atoms with Crippen LogP contribution in [-0.2, 0) is 4.79 Å². The van der Waals surface area contributed by atoms with E-state index < -0.39 is 5.97 Å². The minimum Gasteiger partial charge on any atom is -0.478 e. The maximum absolute atomic E-state index is 12.8. The number of H-pyrrole nitrogens is 1. The molecule has 2 rings (SSSR count). The zero-order chi connectivity index (χ0) is 13.1. The summed E-state index contributed by atoms with van der Waals surface area (Å²) in [7, 11) is 0. The van der Waals surface area contributed by atoms with Crippen molar-refractivity contribution in [1.29, 1.82) is 0 Å². The largest absolute Gasteiger partial charge is 0.478 e. The van der Waals surface area contributed by atoms with Gasteiger partial charge in [0, 0.05) is 17.3 Å². The van der Waals surface area contributed by atoms with E-state index in [1.807, 2.05) is 6.92 Å². The molecule has 1 aromatic heterocycles. The first-order chi connectivity index (χ1) is 8.56. The van der Waals surface area contributed by atoms with E-state index in [1.54, 1.807) is 12.1 Å². The van der Waals surface area contributed by atoms with Gasteiger partial charge in [-0.2, -0.15) is 0 Å². The number of carboxylic acids is 1. The third kappa shape index (κ3) is 2.63. The summed E-state index contributed by atoms with van der Waals surface area (Å²) in [6.07, 6.45) is 2.38. The molecular formula is C13H11FN2O2. The first kappa shape index (κ1) is 12.0. The molecule has 2 aromatic rings. The fourth-order valence-electron chi connectivity index (χ4n) is 1.60. The van der Waals surface area contributed by atoms with E-state index in [0.717, 1.165) is 17.3 Å². The zero-order valence-electron chi connectivity index (χ0n) is 9.64. The Kier molecular flexibility index (Phi) is 3.23. The van der Waals surface area contributed by atoms with Gasteiger partial charge >= 0.3 is 5.97 Å². The van der Waals surface area contributed by atoms with Crippen LogP contribution in [0.5, 0.6) is 0 Å². The highest BCUT2D eigenvalue weighted by molar-refractivity contribution is 5.84. The smallest absolute Gasteiger partial charge is 0.328 e. The Morgan fingerprint density at radius 2 is 2.06 bits per heavy atom. The number of hydrogen-bond acceptors (Lipinski definition) is 2. The van der Waals surface area contributed by atoms with E-state index in [0.29, 0.717) is 11.5 Å². The van der Waals surface area contributed by atoms with Crippen LogP contribution in [0.3, 0.4) is 0 Å². The summed E-state index contributed by atoms with van der Waals surface area (Å²) in [5, 5.41) is 8.53. The molecule has 0 bridgehead atoms. The van der Waals surface area contributed by atoms with Crippen molar-refractivity contribution in [1.82, 2.24) is 9.97 Å². The van der Waals surface area contributed by atoms with Crippen LogP contribution in [0.25, 0.3) is 17.3 Å². The highest BCUT2D eigenvalue weighted by Crippen LogP contribution is 2.21. The number of halogens is 1. The molecule has 0 atom stereocenters. The average molecular weight is 246 g/mol. The van der Waals surface area contributed by atoms with Gasteiger partial charge in [-0.3, -0.25) is 0 Å². The maximum Gasteiger partial charge on any atom is 0.328 e. The van der Waals surface area contributed by atoms with Gasteiger partial charge in [0.2, 0.25) is 0 Å². The number of aromatic nitrogens is 2. The number of nitrogens with one attached hydrogen (secondary N) is 1. The summed E-state index contributed by atoms with van der Waals surface area (Å²) >= 11 is 0. The number of carboxylic acid groups (broad SMARTS) is 1. The topological polar surface area (TPSA) is 66.0 Å². The second kappa shape index (κ2) is 4.83. The van der Waals surface area contributed by atoms with Crippen molar-refractivity contribution >= 4 is 12.0 Å². The van der Waals surface area contributed by atoms with E-state index in [4.69, 9.17) is 5.11 Å². The molecule has 0 spiro atoms. The van der Waals surface area contributed by atoms with Gasteiger partial charge in [0.1, 0.15) is 11.6 Å². The average Bonchev–Trinajstić information content (AvgIpc) is 2.69. The summed E-state index contributed by atoms with van der Waals surface area (Å²) in [5.41, 5.74) is 2.26. The van der Waals surface area contributed by atoms with Gasteiger partial charge in [0.15, 0.2) is 0 Å². The first-order valence-electron chi connectivity index (χ1n) is 5.30. The minimum absolute atomic E-state index is 0.307. The van der Waals surface area contributed by atoms with Crippen molar-refractivity contribution in [2.45, 2.75) is 6.92 Å². The summed E-state index contributed by atoms with van der Waals surface area (Å²) in [4.78, 5) is 17.6. The van der Waals surface area contributed by atoms with Gasteiger partial charge < -0.3 is 10.1 Å². The summed E-state index contributed by atoms with van der Waals surface area (Å²) in [6, 6.07) is 5.97. The van der Waals surface area contributed by atoms with Crippen LogP contribution in [0.2, 0.25) is 0 Å². The lowest BCUT2D eigenvalue weighted by molar-refractivity contribution is -0.131. The fourth-order valence-corrected chi connectivity index (χ4v) is 1.60. The quantitative estimate of drug-likeness (QED) is 0.818. The molecule has 1 aromatic carbocycles. The SMILES string of the molecule is Cc1[nH]c(/C=C/C(=O)O)nc1-c1ccc(F)cc1. The minimum atomic E-state index is -1.03.